The molecule has 1 aromatic carbocycles. The summed E-state index contributed by atoms with van der Waals surface area (Å²) in [5, 5.41) is 8.97. The fraction of sp³-hybridized carbons (Fsp3) is 0.500. The van der Waals surface area contributed by atoms with Gasteiger partial charge in [0.15, 0.2) is 0 Å². The first-order valence-electron chi connectivity index (χ1n) is 7.23. The second-order valence-corrected chi connectivity index (χ2v) is 5.93. The first-order chi connectivity index (χ1) is 9.63. The van der Waals surface area contributed by atoms with Gasteiger partial charge >= 0.3 is 5.97 Å². The van der Waals surface area contributed by atoms with E-state index in [4.69, 9.17) is 5.11 Å². The average molecular weight is 273 g/mol. The third-order valence-electron chi connectivity index (χ3n) is 4.61. The number of benzene rings is 1. The minimum atomic E-state index is -0.949. The SMILES string of the molecule is O=C(O)c1cccc(CC(=O)N2CC3CCCC3C2)c1. The Hall–Kier alpha value is -1.84. The van der Waals surface area contributed by atoms with Crippen LogP contribution < -0.4 is 0 Å². The number of likely N-dealkylation sites (tertiary alicyclic amines) is 1. The summed E-state index contributed by atoms with van der Waals surface area (Å²) < 4.78 is 0. The monoisotopic (exact) mass is 273 g/mol. The van der Waals surface area contributed by atoms with E-state index in [1.165, 1.54) is 19.3 Å². The van der Waals surface area contributed by atoms with Gasteiger partial charge in [0.05, 0.1) is 12.0 Å². The molecule has 1 aromatic rings. The van der Waals surface area contributed by atoms with Gasteiger partial charge in [0.1, 0.15) is 0 Å². The van der Waals surface area contributed by atoms with Crippen LogP contribution in [0.1, 0.15) is 35.2 Å². The van der Waals surface area contributed by atoms with Crippen molar-refractivity contribution in [3.8, 4) is 0 Å². The number of amides is 1. The van der Waals surface area contributed by atoms with E-state index < -0.39 is 5.97 Å². The van der Waals surface area contributed by atoms with Gasteiger partial charge in [0.25, 0.3) is 0 Å². The van der Waals surface area contributed by atoms with E-state index in [2.05, 4.69) is 0 Å². The molecule has 1 N–H and O–H groups in total. The molecule has 0 spiro atoms. The second kappa shape index (κ2) is 5.27. The first-order valence-corrected chi connectivity index (χ1v) is 7.23. The number of aromatic carboxylic acids is 1. The van der Waals surface area contributed by atoms with Gasteiger partial charge < -0.3 is 10.0 Å². The highest BCUT2D eigenvalue weighted by Crippen LogP contribution is 2.37. The second-order valence-electron chi connectivity index (χ2n) is 5.93. The Morgan fingerprint density at radius 2 is 1.90 bits per heavy atom. The lowest BCUT2D eigenvalue weighted by molar-refractivity contribution is -0.129. The lowest BCUT2D eigenvalue weighted by Crippen LogP contribution is -2.30. The highest BCUT2D eigenvalue weighted by molar-refractivity contribution is 5.88. The normalized spacial score (nSPS) is 24.7. The van der Waals surface area contributed by atoms with Crippen molar-refractivity contribution in [3.63, 3.8) is 0 Å². The number of carboxylic acids is 1. The average Bonchev–Trinajstić information content (AvgIpc) is 2.99. The zero-order valence-corrected chi connectivity index (χ0v) is 11.4. The number of carbonyl (C=O) groups is 2. The van der Waals surface area contributed by atoms with Gasteiger partial charge in [0, 0.05) is 13.1 Å². The van der Waals surface area contributed by atoms with Gasteiger partial charge in [0.2, 0.25) is 5.91 Å². The molecule has 2 atom stereocenters. The molecule has 0 aromatic heterocycles. The van der Waals surface area contributed by atoms with Crippen molar-refractivity contribution >= 4 is 11.9 Å². The van der Waals surface area contributed by atoms with Crippen LogP contribution in [0.3, 0.4) is 0 Å². The molecular formula is C16H19NO3. The molecule has 1 aliphatic carbocycles. The summed E-state index contributed by atoms with van der Waals surface area (Å²) in [6.45, 7) is 1.78. The van der Waals surface area contributed by atoms with Gasteiger partial charge in [-0.3, -0.25) is 4.79 Å². The number of rotatable bonds is 3. The van der Waals surface area contributed by atoms with Gasteiger partial charge in [-0.25, -0.2) is 4.79 Å². The molecule has 0 radical (unpaired) electrons. The van der Waals surface area contributed by atoms with Crippen LogP contribution in [0.5, 0.6) is 0 Å². The predicted molar refractivity (Wildman–Crippen MR) is 74.5 cm³/mol. The highest BCUT2D eigenvalue weighted by atomic mass is 16.4. The van der Waals surface area contributed by atoms with Gasteiger partial charge in [-0.15, -0.1) is 0 Å². The molecule has 4 nitrogen and oxygen atoms in total. The zero-order chi connectivity index (χ0) is 14.1. The third kappa shape index (κ3) is 2.55. The molecule has 2 fully saturated rings. The summed E-state index contributed by atoms with van der Waals surface area (Å²) in [6.07, 6.45) is 4.12. The summed E-state index contributed by atoms with van der Waals surface area (Å²) in [6, 6.07) is 6.67. The van der Waals surface area contributed by atoms with E-state index in [1.54, 1.807) is 18.2 Å². The molecule has 1 aliphatic heterocycles. The highest BCUT2D eigenvalue weighted by Gasteiger charge is 2.37. The van der Waals surface area contributed by atoms with Crippen molar-refractivity contribution in [2.24, 2.45) is 11.8 Å². The minimum absolute atomic E-state index is 0.127. The Morgan fingerprint density at radius 3 is 2.55 bits per heavy atom. The van der Waals surface area contributed by atoms with Crippen molar-refractivity contribution in [1.82, 2.24) is 4.90 Å². The summed E-state index contributed by atoms with van der Waals surface area (Å²) in [5.74, 6) is 0.575. The fourth-order valence-corrected chi connectivity index (χ4v) is 3.54. The predicted octanol–water partition coefficient (Wildman–Crippen LogP) is 2.19. The van der Waals surface area contributed by atoms with Crippen LogP contribution in [-0.2, 0) is 11.2 Å². The minimum Gasteiger partial charge on any atom is -0.478 e. The Bertz CT molecular complexity index is 528. The molecule has 2 unspecified atom stereocenters. The van der Waals surface area contributed by atoms with Crippen LogP contribution in [-0.4, -0.2) is 35.0 Å². The topological polar surface area (TPSA) is 57.6 Å². The standard InChI is InChI=1S/C16H19NO3/c18-15(17-9-13-5-2-6-14(13)10-17)8-11-3-1-4-12(7-11)16(19)20/h1,3-4,7,13-14H,2,5-6,8-10H2,(H,19,20). The maximum Gasteiger partial charge on any atom is 0.335 e. The van der Waals surface area contributed by atoms with Crippen LogP contribution in [0.15, 0.2) is 24.3 Å². The van der Waals surface area contributed by atoms with Crippen LogP contribution in [0.2, 0.25) is 0 Å². The van der Waals surface area contributed by atoms with Crippen LogP contribution in [0, 0.1) is 11.8 Å². The molecule has 1 saturated heterocycles. The van der Waals surface area contributed by atoms with Gasteiger partial charge in [-0.05, 0) is 42.4 Å². The Morgan fingerprint density at radius 1 is 1.20 bits per heavy atom. The largest absolute Gasteiger partial charge is 0.478 e. The summed E-state index contributed by atoms with van der Waals surface area (Å²) in [4.78, 5) is 25.2. The van der Waals surface area contributed by atoms with Crippen molar-refractivity contribution in [1.29, 1.82) is 0 Å². The lowest BCUT2D eigenvalue weighted by Gasteiger charge is -2.17. The lowest BCUT2D eigenvalue weighted by atomic mass is 10.0. The smallest absolute Gasteiger partial charge is 0.335 e. The number of hydrogen-bond acceptors (Lipinski definition) is 2. The molecule has 1 amide bonds. The van der Waals surface area contributed by atoms with E-state index in [1.807, 2.05) is 11.0 Å². The molecule has 20 heavy (non-hydrogen) atoms. The van der Waals surface area contributed by atoms with Gasteiger partial charge in [-0.1, -0.05) is 18.6 Å². The Labute approximate surface area is 118 Å². The number of fused-ring (bicyclic) bond motifs is 1. The summed E-state index contributed by atoms with van der Waals surface area (Å²) in [7, 11) is 0. The van der Waals surface area contributed by atoms with E-state index in [0.29, 0.717) is 18.3 Å². The fourth-order valence-electron chi connectivity index (χ4n) is 3.54. The Kier molecular flexibility index (Phi) is 3.47. The van der Waals surface area contributed by atoms with Crippen LogP contribution in [0.4, 0.5) is 0 Å². The van der Waals surface area contributed by atoms with Crippen molar-refractivity contribution in [2.75, 3.05) is 13.1 Å². The molecule has 0 bridgehead atoms. The molecule has 106 valence electrons. The molecular weight excluding hydrogens is 254 g/mol. The van der Waals surface area contributed by atoms with E-state index in [9.17, 15) is 9.59 Å². The zero-order valence-electron chi connectivity index (χ0n) is 11.4. The van der Waals surface area contributed by atoms with Crippen molar-refractivity contribution < 1.29 is 14.7 Å². The third-order valence-corrected chi connectivity index (χ3v) is 4.61. The van der Waals surface area contributed by atoms with Crippen molar-refractivity contribution in [3.05, 3.63) is 35.4 Å². The first kappa shape index (κ1) is 13.2. The molecule has 4 heteroatoms. The number of carbonyl (C=O) groups excluding carboxylic acids is 1. The molecule has 3 rings (SSSR count). The van der Waals surface area contributed by atoms with E-state index in [-0.39, 0.29) is 11.5 Å². The maximum absolute atomic E-state index is 12.3. The molecule has 1 saturated carbocycles. The van der Waals surface area contributed by atoms with E-state index >= 15 is 0 Å². The van der Waals surface area contributed by atoms with Crippen LogP contribution >= 0.6 is 0 Å². The van der Waals surface area contributed by atoms with Crippen molar-refractivity contribution in [2.45, 2.75) is 25.7 Å². The summed E-state index contributed by atoms with van der Waals surface area (Å²) in [5.41, 5.74) is 1.03. The van der Waals surface area contributed by atoms with E-state index in [0.717, 1.165) is 18.7 Å². The van der Waals surface area contributed by atoms with Gasteiger partial charge in [-0.2, -0.15) is 0 Å². The number of hydrogen-bond donors (Lipinski definition) is 1. The maximum atomic E-state index is 12.3. The Balaban J connectivity index is 1.64. The molecule has 2 aliphatic rings. The number of carboxylic acid groups (broad SMARTS) is 1. The number of nitrogens with zero attached hydrogens (tertiary/aromatic N) is 1. The molecule has 1 heterocycles. The summed E-state index contributed by atoms with van der Waals surface area (Å²) >= 11 is 0. The van der Waals surface area contributed by atoms with Crippen LogP contribution in [0.25, 0.3) is 0 Å². The quantitative estimate of drug-likeness (QED) is 0.918.